The van der Waals surface area contributed by atoms with E-state index in [9.17, 15) is 14.4 Å². The Labute approximate surface area is 113 Å². The Balaban J connectivity index is 2.13. The summed E-state index contributed by atoms with van der Waals surface area (Å²) in [6, 6.07) is 1.67. The van der Waals surface area contributed by atoms with E-state index in [0.29, 0.717) is 5.56 Å². The third kappa shape index (κ3) is 2.76. The molecule has 1 aromatic heterocycles. The van der Waals surface area contributed by atoms with Crippen molar-refractivity contribution in [2.75, 3.05) is 13.1 Å². The molecule has 7 heteroatoms. The van der Waals surface area contributed by atoms with E-state index in [-0.39, 0.29) is 25.4 Å². The summed E-state index contributed by atoms with van der Waals surface area (Å²) in [4.78, 5) is 35.6. The van der Waals surface area contributed by atoms with Crippen LogP contribution in [0.4, 0.5) is 0 Å². The molecule has 2 heterocycles. The molecule has 1 aromatic rings. The lowest BCUT2D eigenvalue weighted by Crippen LogP contribution is -2.48. The van der Waals surface area contributed by atoms with Crippen molar-refractivity contribution in [3.8, 4) is 0 Å². The number of piperidine rings is 1. The first kappa shape index (κ1) is 13.5. The second kappa shape index (κ2) is 5.40. The number of carbonyl (C=O) groups excluding carboxylic acids is 1. The molecule has 0 aromatic carbocycles. The normalized spacial score (nSPS) is 23.1. The molecular weight excluding hydrogens is 270 g/mol. The fourth-order valence-electron chi connectivity index (χ4n) is 2.25. The number of likely N-dealkylation sites (tertiary alicyclic amines) is 1. The van der Waals surface area contributed by atoms with Crippen molar-refractivity contribution >= 4 is 29.2 Å². The second-order valence-corrected chi connectivity index (χ2v) is 5.22. The molecule has 0 saturated carbocycles. The molecular formula is C12H13NO5S. The van der Waals surface area contributed by atoms with Gasteiger partial charge >= 0.3 is 11.9 Å². The number of nitrogens with zero attached hydrogens (tertiary/aromatic N) is 1. The van der Waals surface area contributed by atoms with Gasteiger partial charge in [-0.15, -0.1) is 0 Å². The minimum Gasteiger partial charge on any atom is -0.481 e. The predicted molar refractivity (Wildman–Crippen MR) is 67.1 cm³/mol. The summed E-state index contributed by atoms with van der Waals surface area (Å²) >= 11 is 1.39. The van der Waals surface area contributed by atoms with Crippen molar-refractivity contribution in [2.24, 2.45) is 11.8 Å². The van der Waals surface area contributed by atoms with E-state index in [4.69, 9.17) is 10.2 Å². The van der Waals surface area contributed by atoms with Crippen molar-refractivity contribution in [1.29, 1.82) is 0 Å². The van der Waals surface area contributed by atoms with Crippen molar-refractivity contribution in [3.05, 3.63) is 22.4 Å². The minimum atomic E-state index is -1.17. The van der Waals surface area contributed by atoms with Crippen molar-refractivity contribution in [3.63, 3.8) is 0 Å². The maximum atomic E-state index is 12.1. The Morgan fingerprint density at radius 2 is 1.89 bits per heavy atom. The van der Waals surface area contributed by atoms with Gasteiger partial charge in [0.15, 0.2) is 0 Å². The average Bonchev–Trinajstić information content (AvgIpc) is 2.90. The number of carboxylic acid groups (broad SMARTS) is 2. The molecule has 0 radical (unpaired) electrons. The first-order valence-corrected chi connectivity index (χ1v) is 6.72. The van der Waals surface area contributed by atoms with Gasteiger partial charge in [0.05, 0.1) is 17.4 Å². The Hall–Kier alpha value is -1.89. The number of hydrogen-bond acceptors (Lipinski definition) is 4. The van der Waals surface area contributed by atoms with Gasteiger partial charge in [0, 0.05) is 18.5 Å². The SMILES string of the molecule is O=C(O)C1CCN(C(=O)c2ccsc2)CC1C(=O)O. The third-order valence-corrected chi connectivity index (χ3v) is 3.99. The molecule has 19 heavy (non-hydrogen) atoms. The van der Waals surface area contributed by atoms with Crippen LogP contribution in [0.15, 0.2) is 16.8 Å². The van der Waals surface area contributed by atoms with Gasteiger partial charge in [-0.3, -0.25) is 14.4 Å². The van der Waals surface area contributed by atoms with Crippen LogP contribution in [0.5, 0.6) is 0 Å². The fourth-order valence-corrected chi connectivity index (χ4v) is 2.88. The molecule has 1 aliphatic rings. The largest absolute Gasteiger partial charge is 0.481 e. The first-order chi connectivity index (χ1) is 9.00. The maximum Gasteiger partial charge on any atom is 0.309 e. The van der Waals surface area contributed by atoms with Crippen LogP contribution in [-0.4, -0.2) is 46.0 Å². The fraction of sp³-hybridized carbons (Fsp3) is 0.417. The summed E-state index contributed by atoms with van der Waals surface area (Å²) < 4.78 is 0. The van der Waals surface area contributed by atoms with Crippen LogP contribution in [0.3, 0.4) is 0 Å². The minimum absolute atomic E-state index is 0.0546. The van der Waals surface area contributed by atoms with Gasteiger partial charge < -0.3 is 15.1 Å². The molecule has 6 nitrogen and oxygen atoms in total. The lowest BCUT2D eigenvalue weighted by molar-refractivity contribution is -0.156. The predicted octanol–water partition coefficient (Wildman–Crippen LogP) is 0.996. The molecule has 2 rings (SSSR count). The Bertz CT molecular complexity index is 498. The summed E-state index contributed by atoms with van der Waals surface area (Å²) in [5.74, 6) is -4.50. The molecule has 2 atom stereocenters. The number of carbonyl (C=O) groups is 3. The highest BCUT2D eigenvalue weighted by Gasteiger charge is 2.40. The zero-order valence-corrected chi connectivity index (χ0v) is 10.8. The summed E-state index contributed by atoms with van der Waals surface area (Å²) in [5, 5.41) is 21.6. The molecule has 0 spiro atoms. The van der Waals surface area contributed by atoms with Crippen LogP contribution in [-0.2, 0) is 9.59 Å². The van der Waals surface area contributed by atoms with E-state index in [0.717, 1.165) is 0 Å². The van der Waals surface area contributed by atoms with Crippen LogP contribution in [0.25, 0.3) is 0 Å². The van der Waals surface area contributed by atoms with Crippen molar-refractivity contribution in [2.45, 2.75) is 6.42 Å². The summed E-state index contributed by atoms with van der Waals surface area (Å²) in [6.07, 6.45) is 0.169. The zero-order valence-electron chi connectivity index (χ0n) is 9.98. The lowest BCUT2D eigenvalue weighted by Gasteiger charge is -2.34. The number of hydrogen-bond donors (Lipinski definition) is 2. The molecule has 1 saturated heterocycles. The highest BCUT2D eigenvalue weighted by Crippen LogP contribution is 2.25. The van der Waals surface area contributed by atoms with E-state index >= 15 is 0 Å². The van der Waals surface area contributed by atoms with E-state index in [1.807, 2.05) is 0 Å². The van der Waals surface area contributed by atoms with Crippen LogP contribution >= 0.6 is 11.3 Å². The standard InChI is InChI=1S/C12H13NO5S/c14-10(7-2-4-19-6-7)13-3-1-8(11(15)16)9(5-13)12(17)18/h2,4,6,8-9H,1,3,5H2,(H,15,16)(H,17,18). The monoisotopic (exact) mass is 283 g/mol. The number of thiophene rings is 1. The van der Waals surface area contributed by atoms with Gasteiger partial charge in [-0.25, -0.2) is 0 Å². The molecule has 1 amide bonds. The number of carboxylic acids is 2. The highest BCUT2D eigenvalue weighted by molar-refractivity contribution is 7.08. The molecule has 0 aliphatic carbocycles. The molecule has 2 N–H and O–H groups in total. The Morgan fingerprint density at radius 3 is 2.42 bits per heavy atom. The quantitative estimate of drug-likeness (QED) is 0.862. The Morgan fingerprint density at radius 1 is 1.21 bits per heavy atom. The molecule has 102 valence electrons. The zero-order chi connectivity index (χ0) is 14.0. The molecule has 2 unspecified atom stereocenters. The maximum absolute atomic E-state index is 12.1. The summed E-state index contributed by atoms with van der Waals surface area (Å²) in [5.41, 5.74) is 0.517. The van der Waals surface area contributed by atoms with Gasteiger partial charge in [-0.2, -0.15) is 11.3 Å². The topological polar surface area (TPSA) is 94.9 Å². The van der Waals surface area contributed by atoms with Crippen LogP contribution in [0, 0.1) is 11.8 Å². The van der Waals surface area contributed by atoms with E-state index in [1.165, 1.54) is 16.2 Å². The molecule has 1 fully saturated rings. The van der Waals surface area contributed by atoms with E-state index in [1.54, 1.807) is 16.8 Å². The highest BCUT2D eigenvalue weighted by atomic mass is 32.1. The lowest BCUT2D eigenvalue weighted by atomic mass is 9.85. The summed E-state index contributed by atoms with van der Waals surface area (Å²) in [7, 11) is 0. The van der Waals surface area contributed by atoms with Crippen molar-refractivity contribution in [1.82, 2.24) is 4.90 Å². The number of aliphatic carboxylic acids is 2. The van der Waals surface area contributed by atoms with Gasteiger partial charge in [-0.05, 0) is 17.9 Å². The average molecular weight is 283 g/mol. The van der Waals surface area contributed by atoms with Crippen LogP contribution in [0.1, 0.15) is 16.8 Å². The van der Waals surface area contributed by atoms with E-state index in [2.05, 4.69) is 0 Å². The van der Waals surface area contributed by atoms with Crippen LogP contribution < -0.4 is 0 Å². The first-order valence-electron chi connectivity index (χ1n) is 5.77. The van der Waals surface area contributed by atoms with E-state index < -0.39 is 23.8 Å². The van der Waals surface area contributed by atoms with Gasteiger partial charge in [0.1, 0.15) is 0 Å². The summed E-state index contributed by atoms with van der Waals surface area (Å²) in [6.45, 7) is 0.219. The number of amides is 1. The third-order valence-electron chi connectivity index (χ3n) is 3.30. The Kier molecular flexibility index (Phi) is 3.84. The molecule has 0 bridgehead atoms. The number of rotatable bonds is 3. The smallest absolute Gasteiger partial charge is 0.309 e. The second-order valence-electron chi connectivity index (χ2n) is 4.44. The van der Waals surface area contributed by atoms with Gasteiger partial charge in [0.25, 0.3) is 5.91 Å². The van der Waals surface area contributed by atoms with Crippen molar-refractivity contribution < 1.29 is 24.6 Å². The van der Waals surface area contributed by atoms with Gasteiger partial charge in [-0.1, -0.05) is 0 Å². The molecule has 1 aliphatic heterocycles. The van der Waals surface area contributed by atoms with Crippen LogP contribution in [0.2, 0.25) is 0 Å². The van der Waals surface area contributed by atoms with Gasteiger partial charge in [0.2, 0.25) is 0 Å².